The van der Waals surface area contributed by atoms with Crippen LogP contribution in [-0.2, 0) is 4.79 Å². The number of amides is 1. The van der Waals surface area contributed by atoms with Crippen molar-refractivity contribution in [2.45, 2.75) is 19.6 Å². The maximum Gasteiger partial charge on any atom is 0.262 e. The highest BCUT2D eigenvalue weighted by atomic mass is 32.2. The molecule has 0 spiro atoms. The maximum absolute atomic E-state index is 11.1. The Morgan fingerprint density at radius 3 is 2.25 bits per heavy atom. The van der Waals surface area contributed by atoms with Gasteiger partial charge in [-0.1, -0.05) is 19.6 Å². The summed E-state index contributed by atoms with van der Waals surface area (Å²) in [5, 5.41) is 9.57. The SMILES string of the molecule is CS/C(=C(\C#N)C(N)=O)N(C)C[Si](C)(C)C. The number of hydrogen-bond acceptors (Lipinski definition) is 4. The van der Waals surface area contributed by atoms with Gasteiger partial charge in [0.1, 0.15) is 11.6 Å². The van der Waals surface area contributed by atoms with Crippen molar-refractivity contribution < 1.29 is 4.79 Å². The molecule has 0 aromatic rings. The topological polar surface area (TPSA) is 70.1 Å². The van der Waals surface area contributed by atoms with Crippen molar-refractivity contribution in [3.63, 3.8) is 0 Å². The quantitative estimate of drug-likeness (QED) is 0.459. The molecular weight excluding hydrogens is 238 g/mol. The second-order valence-electron chi connectivity index (χ2n) is 4.78. The molecule has 4 nitrogen and oxygen atoms in total. The van der Waals surface area contributed by atoms with E-state index in [0.29, 0.717) is 5.03 Å². The first-order valence-electron chi connectivity index (χ1n) is 4.92. The predicted molar refractivity (Wildman–Crippen MR) is 71.3 cm³/mol. The summed E-state index contributed by atoms with van der Waals surface area (Å²) in [6, 6.07) is 1.88. The van der Waals surface area contributed by atoms with Crippen molar-refractivity contribution in [2.75, 3.05) is 19.5 Å². The predicted octanol–water partition coefficient (Wildman–Crippen LogP) is 1.38. The average Bonchev–Trinajstić information content (AvgIpc) is 2.09. The maximum atomic E-state index is 11.1. The van der Waals surface area contributed by atoms with E-state index in [1.54, 1.807) is 0 Å². The van der Waals surface area contributed by atoms with Crippen LogP contribution in [0.1, 0.15) is 0 Å². The molecule has 90 valence electrons. The summed E-state index contributed by atoms with van der Waals surface area (Å²) < 4.78 is 0. The Morgan fingerprint density at radius 2 is 2.00 bits per heavy atom. The van der Waals surface area contributed by atoms with Crippen molar-refractivity contribution in [3.05, 3.63) is 10.6 Å². The third-order valence-electron chi connectivity index (χ3n) is 1.82. The molecule has 0 saturated heterocycles. The molecule has 16 heavy (non-hydrogen) atoms. The molecule has 0 atom stereocenters. The summed E-state index contributed by atoms with van der Waals surface area (Å²) in [6.07, 6.45) is 2.73. The Bertz CT molecular complexity index is 341. The average molecular weight is 257 g/mol. The lowest BCUT2D eigenvalue weighted by Crippen LogP contribution is -2.38. The van der Waals surface area contributed by atoms with Crippen LogP contribution < -0.4 is 5.73 Å². The summed E-state index contributed by atoms with van der Waals surface area (Å²) in [5.41, 5.74) is 5.23. The van der Waals surface area contributed by atoms with Gasteiger partial charge in [-0.25, -0.2) is 0 Å². The van der Waals surface area contributed by atoms with Gasteiger partial charge in [-0.3, -0.25) is 4.79 Å². The summed E-state index contributed by atoms with van der Waals surface area (Å²) in [6.45, 7) is 6.70. The van der Waals surface area contributed by atoms with E-state index < -0.39 is 14.0 Å². The minimum atomic E-state index is -1.28. The molecule has 0 unspecified atom stereocenters. The van der Waals surface area contributed by atoms with E-state index in [-0.39, 0.29) is 5.57 Å². The van der Waals surface area contributed by atoms with Crippen molar-refractivity contribution in [2.24, 2.45) is 5.73 Å². The second-order valence-corrected chi connectivity index (χ2v) is 11.0. The summed E-state index contributed by atoms with van der Waals surface area (Å²) in [5.74, 6) is -0.658. The molecule has 0 aromatic carbocycles. The molecule has 0 aliphatic rings. The fraction of sp³-hybridized carbons (Fsp3) is 0.600. The number of nitriles is 1. The Labute approximate surface area is 102 Å². The zero-order valence-corrected chi connectivity index (χ0v) is 12.3. The van der Waals surface area contributed by atoms with Crippen LogP contribution in [0.25, 0.3) is 0 Å². The molecular formula is C10H19N3OSSi. The molecule has 0 aliphatic carbocycles. The number of nitrogens with two attached hydrogens (primary N) is 1. The van der Waals surface area contributed by atoms with Gasteiger partial charge in [0.2, 0.25) is 0 Å². The van der Waals surface area contributed by atoms with Crippen molar-refractivity contribution in [3.8, 4) is 6.07 Å². The van der Waals surface area contributed by atoms with Crippen LogP contribution in [0.4, 0.5) is 0 Å². The van der Waals surface area contributed by atoms with Gasteiger partial charge in [-0.05, 0) is 6.26 Å². The zero-order chi connectivity index (χ0) is 12.9. The largest absolute Gasteiger partial charge is 0.371 e. The van der Waals surface area contributed by atoms with Gasteiger partial charge in [0, 0.05) is 13.2 Å². The van der Waals surface area contributed by atoms with Crippen molar-refractivity contribution in [1.82, 2.24) is 4.90 Å². The van der Waals surface area contributed by atoms with Crippen LogP contribution in [0.15, 0.2) is 10.6 Å². The van der Waals surface area contributed by atoms with Crippen LogP contribution in [0.5, 0.6) is 0 Å². The fourth-order valence-electron chi connectivity index (χ4n) is 1.44. The number of carbonyl (C=O) groups is 1. The number of thioether (sulfide) groups is 1. The molecule has 0 aliphatic heterocycles. The van der Waals surface area contributed by atoms with Crippen LogP contribution in [0.3, 0.4) is 0 Å². The van der Waals surface area contributed by atoms with Crippen molar-refractivity contribution in [1.29, 1.82) is 5.26 Å². The molecule has 0 bridgehead atoms. The lowest BCUT2D eigenvalue weighted by atomic mass is 10.3. The Balaban J connectivity index is 5.14. The van der Waals surface area contributed by atoms with Gasteiger partial charge in [-0.15, -0.1) is 11.8 Å². The summed E-state index contributed by atoms with van der Waals surface area (Å²) in [7, 11) is 0.617. The standard InChI is InChI=1S/C10H19N3OSSi/c1-13(7-16(3,4)5)10(15-2)8(6-11)9(12)14/h7H2,1-5H3,(H2,12,14)/b10-8+. The van der Waals surface area contributed by atoms with E-state index >= 15 is 0 Å². The highest BCUT2D eigenvalue weighted by Gasteiger charge is 2.21. The number of primary amides is 1. The van der Waals surface area contributed by atoms with Gasteiger partial charge in [-0.2, -0.15) is 5.26 Å². The molecule has 0 radical (unpaired) electrons. The fourth-order valence-corrected chi connectivity index (χ4v) is 3.86. The van der Waals surface area contributed by atoms with Gasteiger partial charge in [0.05, 0.1) is 13.1 Å². The number of rotatable bonds is 5. The van der Waals surface area contributed by atoms with E-state index in [2.05, 4.69) is 19.6 Å². The van der Waals surface area contributed by atoms with E-state index in [0.717, 1.165) is 6.17 Å². The van der Waals surface area contributed by atoms with Crippen LogP contribution >= 0.6 is 11.8 Å². The lowest BCUT2D eigenvalue weighted by molar-refractivity contribution is -0.114. The van der Waals surface area contributed by atoms with Crippen molar-refractivity contribution >= 4 is 25.7 Å². The summed E-state index contributed by atoms with van der Waals surface area (Å²) >= 11 is 1.38. The second kappa shape index (κ2) is 5.96. The van der Waals surface area contributed by atoms with Gasteiger partial charge in [0.25, 0.3) is 5.91 Å². The molecule has 0 rings (SSSR count). The molecule has 0 aromatic heterocycles. The van der Waals surface area contributed by atoms with Gasteiger partial charge >= 0.3 is 0 Å². The molecule has 0 heterocycles. The first kappa shape index (κ1) is 15.1. The smallest absolute Gasteiger partial charge is 0.262 e. The monoisotopic (exact) mass is 257 g/mol. The highest BCUT2D eigenvalue weighted by Crippen LogP contribution is 2.21. The van der Waals surface area contributed by atoms with Gasteiger partial charge in [0.15, 0.2) is 0 Å². The van der Waals surface area contributed by atoms with Crippen LogP contribution in [0.2, 0.25) is 19.6 Å². The normalized spacial score (nSPS) is 12.8. The Morgan fingerprint density at radius 1 is 1.50 bits per heavy atom. The van der Waals surface area contributed by atoms with E-state index in [1.165, 1.54) is 11.8 Å². The lowest BCUT2D eigenvalue weighted by Gasteiger charge is -2.28. The Hall–Kier alpha value is -0.933. The zero-order valence-electron chi connectivity index (χ0n) is 10.5. The molecule has 0 fully saturated rings. The van der Waals surface area contributed by atoms with Crippen LogP contribution in [-0.4, -0.2) is 38.4 Å². The number of nitrogens with zero attached hydrogens (tertiary/aromatic N) is 2. The minimum absolute atomic E-state index is 0.0493. The highest BCUT2D eigenvalue weighted by molar-refractivity contribution is 8.02. The third-order valence-corrected chi connectivity index (χ3v) is 4.15. The molecule has 1 amide bonds. The number of hydrogen-bond donors (Lipinski definition) is 1. The number of carbonyl (C=O) groups excluding carboxylic acids is 1. The van der Waals surface area contributed by atoms with E-state index in [4.69, 9.17) is 11.0 Å². The molecule has 6 heteroatoms. The summed E-state index contributed by atoms with van der Waals surface area (Å²) in [4.78, 5) is 13.1. The molecule has 0 saturated carbocycles. The van der Waals surface area contributed by atoms with Gasteiger partial charge < -0.3 is 10.6 Å². The van der Waals surface area contributed by atoms with E-state index in [9.17, 15) is 4.79 Å². The van der Waals surface area contributed by atoms with E-state index in [1.807, 2.05) is 24.3 Å². The van der Waals surface area contributed by atoms with Crippen LogP contribution in [0, 0.1) is 11.3 Å². The molecule has 2 N–H and O–H groups in total. The first-order chi connectivity index (χ1) is 7.22. The Kier molecular flexibility index (Phi) is 5.62. The minimum Gasteiger partial charge on any atom is -0.371 e. The first-order valence-corrected chi connectivity index (χ1v) is 9.85. The third kappa shape index (κ3) is 4.73.